The number of aliphatic hydroxyl groups is 1. The number of carbonyl (C=O) groups excluding carboxylic acids is 1. The molecule has 1 aliphatic heterocycles. The molecule has 204 valence electrons. The third-order valence-corrected chi connectivity index (χ3v) is 7.38. The molecule has 12 nitrogen and oxygen atoms in total. The van der Waals surface area contributed by atoms with E-state index in [2.05, 4.69) is 20.9 Å². The van der Waals surface area contributed by atoms with Gasteiger partial charge < -0.3 is 24.4 Å². The summed E-state index contributed by atoms with van der Waals surface area (Å²) in [6.45, 7) is 3.61. The molecule has 0 saturated carbocycles. The molecule has 0 atom stereocenters. The molecule has 1 fully saturated rings. The lowest BCUT2D eigenvalue weighted by atomic mass is 10.2. The number of hydrogen-bond acceptors (Lipinski definition) is 12. The van der Waals surface area contributed by atoms with Gasteiger partial charge in [-0.15, -0.1) is 11.3 Å². The van der Waals surface area contributed by atoms with Crippen LogP contribution in [-0.4, -0.2) is 89.3 Å². The van der Waals surface area contributed by atoms with E-state index in [1.807, 2.05) is 36.2 Å². The van der Waals surface area contributed by atoms with Crippen LogP contribution < -0.4 is 20.0 Å². The SMILES string of the molecule is CN(CCc1cc2nc(-c3cccc(OCCO)c3)nc(N3CCOCC3)c2s1)c1ncc(C(=O)NO)cn1. The van der Waals surface area contributed by atoms with Gasteiger partial charge in [-0.1, -0.05) is 12.1 Å². The van der Waals surface area contributed by atoms with E-state index in [0.717, 1.165) is 46.0 Å². The largest absolute Gasteiger partial charge is 0.491 e. The Morgan fingerprint density at radius 3 is 2.74 bits per heavy atom. The Hall–Kier alpha value is -3.91. The Balaban J connectivity index is 1.40. The molecule has 1 aromatic carbocycles. The number of hydroxylamine groups is 1. The molecule has 0 bridgehead atoms. The molecule has 4 aromatic rings. The normalized spacial score (nSPS) is 13.5. The van der Waals surface area contributed by atoms with E-state index < -0.39 is 5.91 Å². The first-order chi connectivity index (χ1) is 19.1. The van der Waals surface area contributed by atoms with E-state index in [1.54, 1.807) is 16.8 Å². The van der Waals surface area contributed by atoms with Crippen LogP contribution in [0.2, 0.25) is 0 Å². The van der Waals surface area contributed by atoms with Gasteiger partial charge in [0.15, 0.2) is 11.6 Å². The van der Waals surface area contributed by atoms with E-state index >= 15 is 0 Å². The number of thiophene rings is 1. The molecule has 0 unspecified atom stereocenters. The van der Waals surface area contributed by atoms with Crippen LogP contribution in [-0.2, 0) is 11.2 Å². The van der Waals surface area contributed by atoms with E-state index in [9.17, 15) is 4.79 Å². The van der Waals surface area contributed by atoms with Gasteiger partial charge in [0.05, 0.1) is 35.6 Å². The molecule has 1 amide bonds. The number of ether oxygens (including phenoxy) is 2. The van der Waals surface area contributed by atoms with Gasteiger partial charge in [-0.3, -0.25) is 10.0 Å². The molecule has 39 heavy (non-hydrogen) atoms. The molecule has 13 heteroatoms. The number of likely N-dealkylation sites (N-methyl/N-ethyl adjacent to an activating group) is 1. The van der Waals surface area contributed by atoms with Gasteiger partial charge in [0.25, 0.3) is 5.91 Å². The lowest BCUT2D eigenvalue weighted by Gasteiger charge is -2.28. The number of anilines is 2. The number of nitrogens with zero attached hydrogens (tertiary/aromatic N) is 6. The molecule has 0 aliphatic carbocycles. The summed E-state index contributed by atoms with van der Waals surface area (Å²) in [5.41, 5.74) is 3.46. The average Bonchev–Trinajstić information content (AvgIpc) is 3.41. The zero-order chi connectivity index (χ0) is 27.2. The lowest BCUT2D eigenvalue weighted by molar-refractivity contribution is 0.0705. The number of morpholine rings is 1. The molecular formula is C26H29N7O5S. The number of fused-ring (bicyclic) bond motifs is 1. The summed E-state index contributed by atoms with van der Waals surface area (Å²) in [6, 6.07) is 9.68. The lowest BCUT2D eigenvalue weighted by Crippen LogP contribution is -2.36. The van der Waals surface area contributed by atoms with Crippen molar-refractivity contribution in [1.29, 1.82) is 0 Å². The van der Waals surface area contributed by atoms with Gasteiger partial charge in [-0.25, -0.2) is 25.4 Å². The predicted octanol–water partition coefficient (Wildman–Crippen LogP) is 2.15. The molecule has 1 aliphatic rings. The minimum Gasteiger partial charge on any atom is -0.491 e. The average molecular weight is 552 g/mol. The van der Waals surface area contributed by atoms with Crippen molar-refractivity contribution in [2.24, 2.45) is 0 Å². The zero-order valence-corrected chi connectivity index (χ0v) is 22.2. The van der Waals surface area contributed by atoms with Crippen molar-refractivity contribution in [2.75, 3.05) is 62.9 Å². The van der Waals surface area contributed by atoms with Crippen molar-refractivity contribution in [3.63, 3.8) is 0 Å². The number of carbonyl (C=O) groups is 1. The van der Waals surface area contributed by atoms with E-state index in [0.29, 0.717) is 37.3 Å². The molecule has 1 saturated heterocycles. The van der Waals surface area contributed by atoms with Crippen molar-refractivity contribution >= 4 is 39.2 Å². The van der Waals surface area contributed by atoms with Crippen molar-refractivity contribution in [2.45, 2.75) is 6.42 Å². The molecule has 5 rings (SSSR count). The molecule has 0 radical (unpaired) electrons. The highest BCUT2D eigenvalue weighted by Crippen LogP contribution is 2.35. The highest BCUT2D eigenvalue weighted by molar-refractivity contribution is 7.19. The number of benzene rings is 1. The number of rotatable bonds is 10. The third-order valence-electron chi connectivity index (χ3n) is 6.20. The first kappa shape index (κ1) is 26.7. The van der Waals surface area contributed by atoms with Crippen LogP contribution in [0.3, 0.4) is 0 Å². The van der Waals surface area contributed by atoms with Gasteiger partial charge in [-0.05, 0) is 24.6 Å². The summed E-state index contributed by atoms with van der Waals surface area (Å²) < 4.78 is 12.2. The maximum atomic E-state index is 11.5. The summed E-state index contributed by atoms with van der Waals surface area (Å²) in [7, 11) is 1.89. The minimum atomic E-state index is -0.657. The molecule has 4 heterocycles. The Kier molecular flexibility index (Phi) is 8.42. The van der Waals surface area contributed by atoms with Crippen molar-refractivity contribution in [3.8, 4) is 17.1 Å². The fourth-order valence-corrected chi connectivity index (χ4v) is 5.27. The summed E-state index contributed by atoms with van der Waals surface area (Å²) in [6.07, 6.45) is 3.49. The maximum absolute atomic E-state index is 11.5. The molecule has 0 spiro atoms. The van der Waals surface area contributed by atoms with Gasteiger partial charge in [-0.2, -0.15) is 0 Å². The fraction of sp³-hybridized carbons (Fsp3) is 0.346. The van der Waals surface area contributed by atoms with Crippen molar-refractivity contribution < 1.29 is 24.6 Å². The smallest absolute Gasteiger partial charge is 0.277 e. The number of aromatic nitrogens is 4. The van der Waals surface area contributed by atoms with Crippen LogP contribution in [0.4, 0.5) is 11.8 Å². The van der Waals surface area contributed by atoms with Crippen LogP contribution in [0.5, 0.6) is 5.75 Å². The van der Waals surface area contributed by atoms with E-state index in [1.165, 1.54) is 12.4 Å². The summed E-state index contributed by atoms with van der Waals surface area (Å²) >= 11 is 1.67. The van der Waals surface area contributed by atoms with Crippen LogP contribution in [0.25, 0.3) is 21.6 Å². The van der Waals surface area contributed by atoms with Gasteiger partial charge in [0, 0.05) is 49.5 Å². The molecular weight excluding hydrogens is 522 g/mol. The van der Waals surface area contributed by atoms with Gasteiger partial charge in [0.1, 0.15) is 12.4 Å². The number of hydrogen-bond donors (Lipinski definition) is 3. The van der Waals surface area contributed by atoms with Crippen molar-refractivity contribution in [3.05, 3.63) is 53.2 Å². The summed E-state index contributed by atoms with van der Waals surface area (Å²) in [5.74, 6) is 1.98. The van der Waals surface area contributed by atoms with Crippen LogP contribution >= 0.6 is 11.3 Å². The quantitative estimate of drug-likeness (QED) is 0.197. The molecule has 3 N–H and O–H groups in total. The Morgan fingerprint density at radius 1 is 1.21 bits per heavy atom. The highest BCUT2D eigenvalue weighted by Gasteiger charge is 2.21. The standard InChI is InChI=1S/C26H29N7O5S/c1-32(26-27-15-18(16-28-26)25(35)31-36)6-5-20-14-21-22(39-20)24(33-7-10-37-11-8-33)30-23(29-21)17-3-2-4-19(13-17)38-12-9-34/h2-4,13-16,34,36H,5-12H2,1H3,(H,31,35). The van der Waals surface area contributed by atoms with E-state index in [4.69, 9.17) is 29.8 Å². The van der Waals surface area contributed by atoms with Crippen molar-refractivity contribution in [1.82, 2.24) is 25.4 Å². The monoisotopic (exact) mass is 551 g/mol. The molecule has 3 aromatic heterocycles. The first-order valence-corrected chi connectivity index (χ1v) is 13.3. The topological polar surface area (TPSA) is 146 Å². The summed E-state index contributed by atoms with van der Waals surface area (Å²) in [5, 5.41) is 17.9. The van der Waals surface area contributed by atoms with E-state index in [-0.39, 0.29) is 18.8 Å². The first-order valence-electron chi connectivity index (χ1n) is 12.5. The number of aliphatic hydroxyl groups excluding tert-OH is 1. The second-order valence-corrected chi connectivity index (χ2v) is 10.0. The number of amides is 1. The Labute approximate surface area is 228 Å². The third kappa shape index (κ3) is 6.23. The minimum absolute atomic E-state index is 0.0565. The highest BCUT2D eigenvalue weighted by atomic mass is 32.1. The summed E-state index contributed by atoms with van der Waals surface area (Å²) in [4.78, 5) is 35.2. The Morgan fingerprint density at radius 2 is 2.00 bits per heavy atom. The fourth-order valence-electron chi connectivity index (χ4n) is 4.17. The Bertz CT molecular complexity index is 1430. The maximum Gasteiger partial charge on any atom is 0.277 e. The zero-order valence-electron chi connectivity index (χ0n) is 21.4. The van der Waals surface area contributed by atoms with Gasteiger partial charge in [0.2, 0.25) is 5.95 Å². The second kappa shape index (κ2) is 12.3. The van der Waals surface area contributed by atoms with Crippen LogP contribution in [0, 0.1) is 0 Å². The van der Waals surface area contributed by atoms with Crippen LogP contribution in [0.1, 0.15) is 15.2 Å². The van der Waals surface area contributed by atoms with Gasteiger partial charge >= 0.3 is 0 Å². The van der Waals surface area contributed by atoms with Crippen LogP contribution in [0.15, 0.2) is 42.7 Å². The second-order valence-electron chi connectivity index (χ2n) is 8.88. The number of nitrogens with one attached hydrogen (secondary N) is 1. The predicted molar refractivity (Wildman–Crippen MR) is 147 cm³/mol.